The van der Waals surface area contributed by atoms with Crippen molar-refractivity contribution in [1.82, 2.24) is 24.1 Å². The average molecular weight is 315 g/mol. The molecule has 2 rings (SSSR count). The number of imidazole rings is 1. The van der Waals surface area contributed by atoms with Crippen molar-refractivity contribution in [3.8, 4) is 0 Å². The number of nitrogens with one attached hydrogen (secondary N) is 1. The molecule has 1 fully saturated rings. The van der Waals surface area contributed by atoms with Crippen molar-refractivity contribution in [1.29, 1.82) is 0 Å². The lowest BCUT2D eigenvalue weighted by Crippen LogP contribution is -2.59. The third-order valence-corrected chi connectivity index (χ3v) is 5.26. The highest BCUT2D eigenvalue weighted by Gasteiger charge is 2.39. The number of hydrogen-bond donors (Lipinski definition) is 1. The van der Waals surface area contributed by atoms with Crippen LogP contribution in [0.5, 0.6) is 0 Å². The quantitative estimate of drug-likeness (QED) is 0.766. The van der Waals surface area contributed by atoms with Crippen LogP contribution in [0.15, 0.2) is 17.6 Å². The van der Waals surface area contributed by atoms with Gasteiger partial charge in [0.25, 0.3) is 10.0 Å². The molecule has 8 nitrogen and oxygen atoms in total. The predicted octanol–water partition coefficient (Wildman–Crippen LogP) is -1.05. The summed E-state index contributed by atoms with van der Waals surface area (Å²) in [6, 6.07) is -0.731. The number of nitrogens with zero attached hydrogens (tertiary/aromatic N) is 4. The van der Waals surface area contributed by atoms with Gasteiger partial charge in [-0.25, -0.2) is 13.4 Å². The van der Waals surface area contributed by atoms with E-state index in [1.165, 1.54) is 21.7 Å². The first-order chi connectivity index (χ1) is 9.87. The molecule has 1 amide bonds. The Morgan fingerprint density at radius 2 is 2.24 bits per heavy atom. The van der Waals surface area contributed by atoms with Gasteiger partial charge in [-0.3, -0.25) is 4.79 Å². The van der Waals surface area contributed by atoms with E-state index in [2.05, 4.69) is 10.3 Å². The zero-order valence-corrected chi connectivity index (χ0v) is 13.3. The van der Waals surface area contributed by atoms with Gasteiger partial charge in [-0.15, -0.1) is 0 Å². The fourth-order valence-corrected chi connectivity index (χ4v) is 3.77. The largest absolute Gasteiger partial charge is 0.347 e. The molecule has 9 heteroatoms. The summed E-state index contributed by atoms with van der Waals surface area (Å²) in [5, 5.41) is 3.05. The molecule has 1 unspecified atom stereocenters. The summed E-state index contributed by atoms with van der Waals surface area (Å²) in [6.07, 6.45) is 2.98. The molecule has 0 saturated carbocycles. The van der Waals surface area contributed by atoms with E-state index in [1.54, 1.807) is 18.7 Å². The highest BCUT2D eigenvalue weighted by atomic mass is 32.2. The molecule has 1 aromatic rings. The van der Waals surface area contributed by atoms with Gasteiger partial charge in [0, 0.05) is 46.5 Å². The molecule has 1 atom stereocenters. The second-order valence-corrected chi connectivity index (χ2v) is 6.95. The molecular weight excluding hydrogens is 294 g/mol. The lowest BCUT2D eigenvalue weighted by atomic mass is 10.2. The SMILES string of the molecule is CCn1cnc(S(=O)(=O)N2CCNCC2C(=O)N(C)C)c1. The van der Waals surface area contributed by atoms with Crippen LogP contribution in [-0.2, 0) is 21.4 Å². The van der Waals surface area contributed by atoms with E-state index >= 15 is 0 Å². The molecule has 0 aliphatic carbocycles. The first-order valence-electron chi connectivity index (χ1n) is 6.83. The van der Waals surface area contributed by atoms with Gasteiger partial charge in [0.2, 0.25) is 5.91 Å². The van der Waals surface area contributed by atoms with Gasteiger partial charge >= 0.3 is 0 Å². The minimum absolute atomic E-state index is 0.0113. The summed E-state index contributed by atoms with van der Waals surface area (Å²) in [5.74, 6) is -0.235. The Morgan fingerprint density at radius 3 is 2.81 bits per heavy atom. The van der Waals surface area contributed by atoms with Gasteiger partial charge in [0.05, 0.1) is 6.33 Å². The molecule has 1 saturated heterocycles. The van der Waals surface area contributed by atoms with Gasteiger partial charge < -0.3 is 14.8 Å². The van der Waals surface area contributed by atoms with Crippen LogP contribution >= 0.6 is 0 Å². The second kappa shape index (κ2) is 6.12. The van der Waals surface area contributed by atoms with E-state index in [4.69, 9.17) is 0 Å². The van der Waals surface area contributed by atoms with Crippen molar-refractivity contribution in [3.05, 3.63) is 12.5 Å². The number of piperazine rings is 1. The third kappa shape index (κ3) is 3.09. The Bertz CT molecular complexity index is 610. The first kappa shape index (κ1) is 15.9. The zero-order chi connectivity index (χ0) is 15.6. The summed E-state index contributed by atoms with van der Waals surface area (Å²) in [6.45, 7) is 3.63. The number of aryl methyl sites for hydroxylation is 1. The Hall–Kier alpha value is -1.45. The maximum atomic E-state index is 12.7. The summed E-state index contributed by atoms with van der Waals surface area (Å²) < 4.78 is 28.3. The van der Waals surface area contributed by atoms with Crippen LogP contribution in [0.25, 0.3) is 0 Å². The number of hydrogen-bond acceptors (Lipinski definition) is 5. The molecule has 1 N–H and O–H groups in total. The number of carbonyl (C=O) groups is 1. The summed E-state index contributed by atoms with van der Waals surface area (Å²) in [5.41, 5.74) is 0. The minimum atomic E-state index is -3.77. The number of sulfonamides is 1. The Labute approximate surface area is 124 Å². The Balaban J connectivity index is 2.33. The van der Waals surface area contributed by atoms with Crippen LogP contribution < -0.4 is 5.32 Å². The molecule has 1 aromatic heterocycles. The normalized spacial score (nSPS) is 20.4. The number of amides is 1. The van der Waals surface area contributed by atoms with Gasteiger partial charge in [0.15, 0.2) is 5.03 Å². The van der Waals surface area contributed by atoms with Crippen molar-refractivity contribution in [2.75, 3.05) is 33.7 Å². The topological polar surface area (TPSA) is 87.5 Å². The summed E-state index contributed by atoms with van der Waals surface area (Å²) >= 11 is 0. The molecule has 0 bridgehead atoms. The van der Waals surface area contributed by atoms with E-state index in [1.807, 2.05) is 6.92 Å². The monoisotopic (exact) mass is 315 g/mol. The van der Waals surface area contributed by atoms with Crippen molar-refractivity contribution in [2.24, 2.45) is 0 Å². The Kier molecular flexibility index (Phi) is 4.64. The fraction of sp³-hybridized carbons (Fsp3) is 0.667. The predicted molar refractivity (Wildman–Crippen MR) is 77.1 cm³/mol. The van der Waals surface area contributed by atoms with E-state index < -0.39 is 16.1 Å². The maximum Gasteiger partial charge on any atom is 0.262 e. The molecule has 1 aliphatic heterocycles. The van der Waals surface area contributed by atoms with Crippen LogP contribution in [0.1, 0.15) is 6.92 Å². The molecule has 0 radical (unpaired) electrons. The van der Waals surface area contributed by atoms with E-state index in [-0.39, 0.29) is 17.5 Å². The molecule has 118 valence electrons. The lowest BCUT2D eigenvalue weighted by molar-refractivity contribution is -0.133. The van der Waals surface area contributed by atoms with Crippen LogP contribution in [-0.4, -0.2) is 72.9 Å². The maximum absolute atomic E-state index is 12.7. The van der Waals surface area contributed by atoms with Gasteiger partial charge in [-0.05, 0) is 6.92 Å². The van der Waals surface area contributed by atoms with Crippen LogP contribution in [0.2, 0.25) is 0 Å². The van der Waals surface area contributed by atoms with E-state index in [0.717, 1.165) is 0 Å². The molecular formula is C12H21N5O3S. The van der Waals surface area contributed by atoms with Crippen LogP contribution in [0, 0.1) is 0 Å². The number of carbonyl (C=O) groups excluding carboxylic acids is 1. The van der Waals surface area contributed by atoms with Crippen LogP contribution in [0.3, 0.4) is 0 Å². The third-order valence-electron chi connectivity index (χ3n) is 3.47. The smallest absolute Gasteiger partial charge is 0.262 e. The molecule has 1 aliphatic rings. The first-order valence-corrected chi connectivity index (χ1v) is 8.27. The van der Waals surface area contributed by atoms with Crippen molar-refractivity contribution in [3.63, 3.8) is 0 Å². The van der Waals surface area contributed by atoms with Crippen LogP contribution in [0.4, 0.5) is 0 Å². The van der Waals surface area contributed by atoms with Crippen molar-refractivity contribution < 1.29 is 13.2 Å². The highest BCUT2D eigenvalue weighted by molar-refractivity contribution is 7.89. The van der Waals surface area contributed by atoms with Crippen molar-refractivity contribution >= 4 is 15.9 Å². The summed E-state index contributed by atoms with van der Waals surface area (Å²) in [7, 11) is -0.528. The average Bonchev–Trinajstić information content (AvgIpc) is 2.96. The number of rotatable bonds is 4. The Morgan fingerprint density at radius 1 is 1.52 bits per heavy atom. The van der Waals surface area contributed by atoms with E-state index in [0.29, 0.717) is 19.6 Å². The van der Waals surface area contributed by atoms with Gasteiger partial charge in [0.1, 0.15) is 6.04 Å². The molecule has 0 aromatic carbocycles. The molecule has 21 heavy (non-hydrogen) atoms. The fourth-order valence-electron chi connectivity index (χ4n) is 2.25. The standard InChI is InChI=1S/C12H21N5O3S/c1-4-16-8-11(14-9-16)21(19,20)17-6-5-13-7-10(17)12(18)15(2)3/h8-10,13H,4-7H2,1-3H3. The second-order valence-electron chi connectivity index (χ2n) is 5.11. The zero-order valence-electron chi connectivity index (χ0n) is 12.5. The van der Waals surface area contributed by atoms with E-state index in [9.17, 15) is 13.2 Å². The van der Waals surface area contributed by atoms with Gasteiger partial charge in [-0.1, -0.05) is 0 Å². The number of likely N-dealkylation sites (N-methyl/N-ethyl adjacent to an activating group) is 1. The molecule has 0 spiro atoms. The van der Waals surface area contributed by atoms with Gasteiger partial charge in [-0.2, -0.15) is 4.31 Å². The highest BCUT2D eigenvalue weighted by Crippen LogP contribution is 2.18. The van der Waals surface area contributed by atoms with Crippen molar-refractivity contribution in [2.45, 2.75) is 24.5 Å². The minimum Gasteiger partial charge on any atom is -0.347 e. The lowest BCUT2D eigenvalue weighted by Gasteiger charge is -2.34. The molecule has 2 heterocycles. The summed E-state index contributed by atoms with van der Waals surface area (Å²) in [4.78, 5) is 17.6. The number of aromatic nitrogens is 2.